The van der Waals surface area contributed by atoms with Gasteiger partial charge in [-0.1, -0.05) is 35.3 Å². The van der Waals surface area contributed by atoms with Gasteiger partial charge in [-0.25, -0.2) is 0 Å². The summed E-state index contributed by atoms with van der Waals surface area (Å²) >= 11 is 20.4. The molecule has 1 unspecified atom stereocenters. The molecule has 0 amide bonds. The standard InChI is InChI=1S/C13H11Cl3S/c1-7-6-10(8(2)17-7)12(15)9-4-3-5-11(14)13(9)16/h3-6,12H,1-2H3. The van der Waals surface area contributed by atoms with Gasteiger partial charge in [-0.2, -0.15) is 0 Å². The van der Waals surface area contributed by atoms with E-state index in [4.69, 9.17) is 34.8 Å². The van der Waals surface area contributed by atoms with Gasteiger partial charge in [-0.05, 0) is 37.1 Å². The van der Waals surface area contributed by atoms with E-state index in [1.807, 2.05) is 12.1 Å². The molecule has 1 aromatic heterocycles. The monoisotopic (exact) mass is 304 g/mol. The van der Waals surface area contributed by atoms with Crippen molar-refractivity contribution < 1.29 is 0 Å². The lowest BCUT2D eigenvalue weighted by molar-refractivity contribution is 1.13. The van der Waals surface area contributed by atoms with Crippen LogP contribution in [0.3, 0.4) is 0 Å². The number of thiophene rings is 1. The Morgan fingerprint density at radius 1 is 1.12 bits per heavy atom. The molecule has 2 aromatic rings. The average molecular weight is 306 g/mol. The Hall–Kier alpha value is -0.210. The zero-order chi connectivity index (χ0) is 12.6. The zero-order valence-corrected chi connectivity index (χ0v) is 12.5. The van der Waals surface area contributed by atoms with Crippen LogP contribution < -0.4 is 0 Å². The lowest BCUT2D eigenvalue weighted by atomic mass is 10.0. The fourth-order valence-electron chi connectivity index (χ4n) is 1.79. The number of halogens is 3. The molecule has 0 nitrogen and oxygen atoms in total. The fourth-order valence-corrected chi connectivity index (χ4v) is 3.70. The summed E-state index contributed by atoms with van der Waals surface area (Å²) in [6.07, 6.45) is 0. The lowest BCUT2D eigenvalue weighted by Crippen LogP contribution is -1.94. The minimum atomic E-state index is -0.244. The fraction of sp³-hybridized carbons (Fsp3) is 0.231. The van der Waals surface area contributed by atoms with Crippen molar-refractivity contribution in [3.05, 3.63) is 55.2 Å². The molecule has 0 spiro atoms. The summed E-state index contributed by atoms with van der Waals surface area (Å²) in [6.45, 7) is 4.14. The van der Waals surface area contributed by atoms with Crippen LogP contribution in [0.15, 0.2) is 24.3 Å². The predicted octanol–water partition coefficient (Wildman–Crippen LogP) is 6.00. The van der Waals surface area contributed by atoms with Gasteiger partial charge in [-0.15, -0.1) is 22.9 Å². The van der Waals surface area contributed by atoms with Crippen molar-refractivity contribution in [1.29, 1.82) is 0 Å². The van der Waals surface area contributed by atoms with Crippen molar-refractivity contribution in [2.45, 2.75) is 19.2 Å². The van der Waals surface area contributed by atoms with Crippen molar-refractivity contribution in [1.82, 2.24) is 0 Å². The van der Waals surface area contributed by atoms with Crippen LogP contribution in [0.25, 0.3) is 0 Å². The number of aryl methyl sites for hydroxylation is 2. The van der Waals surface area contributed by atoms with Crippen LogP contribution in [0.5, 0.6) is 0 Å². The smallest absolute Gasteiger partial charge is 0.0861 e. The summed E-state index contributed by atoms with van der Waals surface area (Å²) in [5, 5.41) is 0.836. The lowest BCUT2D eigenvalue weighted by Gasteiger charge is -2.12. The zero-order valence-electron chi connectivity index (χ0n) is 9.43. The quantitative estimate of drug-likeness (QED) is 0.597. The topological polar surface area (TPSA) is 0 Å². The Morgan fingerprint density at radius 3 is 2.41 bits per heavy atom. The van der Waals surface area contributed by atoms with Gasteiger partial charge in [0.2, 0.25) is 0 Å². The van der Waals surface area contributed by atoms with E-state index in [-0.39, 0.29) is 5.38 Å². The van der Waals surface area contributed by atoms with Gasteiger partial charge in [0.15, 0.2) is 0 Å². The first-order valence-corrected chi connectivity index (χ1v) is 7.16. The molecular weight excluding hydrogens is 295 g/mol. The van der Waals surface area contributed by atoms with Crippen molar-refractivity contribution in [2.75, 3.05) is 0 Å². The molecule has 0 saturated carbocycles. The number of benzene rings is 1. The number of alkyl halides is 1. The molecule has 90 valence electrons. The Bertz CT molecular complexity index is 546. The molecule has 2 rings (SSSR count). The predicted molar refractivity (Wildman–Crippen MR) is 78.0 cm³/mol. The van der Waals surface area contributed by atoms with Gasteiger partial charge in [-0.3, -0.25) is 0 Å². The highest BCUT2D eigenvalue weighted by Gasteiger charge is 2.19. The molecule has 0 bridgehead atoms. The first kappa shape index (κ1) is 13.2. The van der Waals surface area contributed by atoms with Crippen LogP contribution in [0, 0.1) is 13.8 Å². The van der Waals surface area contributed by atoms with Gasteiger partial charge in [0.05, 0.1) is 15.4 Å². The maximum atomic E-state index is 6.49. The third kappa shape index (κ3) is 2.63. The number of hydrogen-bond donors (Lipinski definition) is 0. The van der Waals surface area contributed by atoms with Crippen LogP contribution >= 0.6 is 46.1 Å². The maximum absolute atomic E-state index is 6.49. The summed E-state index contributed by atoms with van der Waals surface area (Å²) in [6, 6.07) is 7.66. The molecule has 0 saturated heterocycles. The van der Waals surface area contributed by atoms with E-state index in [9.17, 15) is 0 Å². The van der Waals surface area contributed by atoms with Crippen molar-refractivity contribution in [3.8, 4) is 0 Å². The second-order valence-corrected chi connectivity index (χ2v) is 6.56. The Morgan fingerprint density at radius 2 is 1.82 bits per heavy atom. The van der Waals surface area contributed by atoms with Gasteiger partial charge in [0.1, 0.15) is 0 Å². The highest BCUT2D eigenvalue weighted by Crippen LogP contribution is 2.40. The summed E-state index contributed by atoms with van der Waals surface area (Å²) in [4.78, 5) is 2.47. The third-order valence-electron chi connectivity index (χ3n) is 2.61. The molecule has 1 atom stereocenters. The van der Waals surface area contributed by atoms with E-state index in [0.717, 1.165) is 11.1 Å². The summed E-state index contributed by atoms with van der Waals surface area (Å²) in [7, 11) is 0. The van der Waals surface area contributed by atoms with Crippen molar-refractivity contribution in [2.24, 2.45) is 0 Å². The molecule has 17 heavy (non-hydrogen) atoms. The Balaban J connectivity index is 2.47. The van der Waals surface area contributed by atoms with Gasteiger partial charge in [0, 0.05) is 9.75 Å². The van der Waals surface area contributed by atoms with Gasteiger partial charge < -0.3 is 0 Å². The summed E-state index contributed by atoms with van der Waals surface area (Å²) < 4.78 is 0. The molecule has 0 N–H and O–H groups in total. The molecule has 1 aromatic carbocycles. The van der Waals surface area contributed by atoms with Crippen LogP contribution in [0.2, 0.25) is 10.0 Å². The molecule has 0 radical (unpaired) electrons. The maximum Gasteiger partial charge on any atom is 0.0861 e. The minimum Gasteiger partial charge on any atom is -0.146 e. The molecule has 0 fully saturated rings. The summed E-state index contributed by atoms with van der Waals surface area (Å²) in [5.74, 6) is 0. The van der Waals surface area contributed by atoms with Crippen LogP contribution in [0.4, 0.5) is 0 Å². The van der Waals surface area contributed by atoms with E-state index in [0.29, 0.717) is 10.0 Å². The van der Waals surface area contributed by atoms with E-state index in [1.54, 1.807) is 17.4 Å². The highest BCUT2D eigenvalue weighted by molar-refractivity contribution is 7.12. The average Bonchev–Trinajstić information content (AvgIpc) is 2.61. The number of rotatable bonds is 2. The van der Waals surface area contributed by atoms with Gasteiger partial charge >= 0.3 is 0 Å². The highest BCUT2D eigenvalue weighted by atomic mass is 35.5. The third-order valence-corrected chi connectivity index (χ3v) is 4.89. The van der Waals surface area contributed by atoms with Crippen LogP contribution in [0.1, 0.15) is 26.3 Å². The molecule has 4 heteroatoms. The Labute approximate surface area is 120 Å². The van der Waals surface area contributed by atoms with Crippen molar-refractivity contribution >= 4 is 46.1 Å². The normalized spacial score (nSPS) is 12.8. The second kappa shape index (κ2) is 5.19. The summed E-state index contributed by atoms with van der Waals surface area (Å²) in [5.41, 5.74) is 1.97. The minimum absolute atomic E-state index is 0.244. The second-order valence-electron chi connectivity index (χ2n) is 3.87. The Kier molecular flexibility index (Phi) is 4.04. The molecule has 0 aliphatic rings. The van der Waals surface area contributed by atoms with E-state index in [2.05, 4.69) is 19.9 Å². The first-order chi connectivity index (χ1) is 8.00. The van der Waals surface area contributed by atoms with Gasteiger partial charge in [0.25, 0.3) is 0 Å². The molecule has 1 heterocycles. The van der Waals surface area contributed by atoms with Crippen molar-refractivity contribution in [3.63, 3.8) is 0 Å². The molecule has 0 aliphatic carbocycles. The SMILES string of the molecule is Cc1cc(C(Cl)c2cccc(Cl)c2Cl)c(C)s1. The van der Waals surface area contributed by atoms with E-state index in [1.165, 1.54) is 9.75 Å². The molecule has 0 aliphatic heterocycles. The van der Waals surface area contributed by atoms with E-state index < -0.39 is 0 Å². The first-order valence-electron chi connectivity index (χ1n) is 5.15. The van der Waals surface area contributed by atoms with Crippen LogP contribution in [-0.2, 0) is 0 Å². The molecular formula is C13H11Cl3S. The largest absolute Gasteiger partial charge is 0.146 e. The van der Waals surface area contributed by atoms with E-state index >= 15 is 0 Å². The number of hydrogen-bond acceptors (Lipinski definition) is 1. The van der Waals surface area contributed by atoms with Crippen LogP contribution in [-0.4, -0.2) is 0 Å².